The summed E-state index contributed by atoms with van der Waals surface area (Å²) >= 11 is 0. The number of hydrogen-bond acceptors (Lipinski definition) is 3. The molecule has 1 aliphatic heterocycles. The van der Waals surface area contributed by atoms with Crippen molar-refractivity contribution in [3.8, 4) is 0 Å². The summed E-state index contributed by atoms with van der Waals surface area (Å²) in [6.07, 6.45) is 0.964. The molecule has 0 fully saturated rings. The summed E-state index contributed by atoms with van der Waals surface area (Å²) in [4.78, 5) is 29.9. The maximum atomic E-state index is 12.6. The monoisotopic (exact) mass is 353 g/mol. The molecule has 1 unspecified atom stereocenters. The first-order valence-electron chi connectivity index (χ1n) is 9.25. The number of carbonyl (C=O) groups is 1. The van der Waals surface area contributed by atoms with Crippen molar-refractivity contribution in [2.24, 2.45) is 0 Å². The van der Waals surface area contributed by atoms with Crippen molar-refractivity contribution in [2.75, 3.05) is 13.1 Å². The van der Waals surface area contributed by atoms with E-state index < -0.39 is 0 Å². The topological polar surface area (TPSA) is 65.2 Å². The van der Waals surface area contributed by atoms with Crippen LogP contribution in [0.25, 0.3) is 0 Å². The molecular weight excluding hydrogens is 326 g/mol. The number of H-pyrrole nitrogens is 1. The highest BCUT2D eigenvalue weighted by Crippen LogP contribution is 2.29. The average molecular weight is 353 g/mol. The normalized spacial score (nSPS) is 17.0. The number of nitrogens with one attached hydrogen (secondary N) is 2. The molecule has 2 N–H and O–H groups in total. The number of aryl methyl sites for hydroxylation is 2. The molecule has 0 saturated heterocycles. The van der Waals surface area contributed by atoms with Crippen molar-refractivity contribution in [3.05, 3.63) is 68.1 Å². The molecule has 0 radical (unpaired) electrons. The van der Waals surface area contributed by atoms with Gasteiger partial charge in [0.1, 0.15) is 0 Å². The fourth-order valence-electron chi connectivity index (χ4n) is 3.83. The van der Waals surface area contributed by atoms with Crippen LogP contribution in [0.2, 0.25) is 0 Å². The summed E-state index contributed by atoms with van der Waals surface area (Å²) in [5, 5.41) is 2.88. The van der Waals surface area contributed by atoms with E-state index in [9.17, 15) is 9.59 Å². The smallest absolute Gasteiger partial charge is 0.253 e. The van der Waals surface area contributed by atoms with Crippen LogP contribution in [0.15, 0.2) is 29.1 Å². The molecule has 5 nitrogen and oxygen atoms in total. The van der Waals surface area contributed by atoms with Gasteiger partial charge in [-0.1, -0.05) is 13.0 Å². The second kappa shape index (κ2) is 7.46. The predicted molar refractivity (Wildman–Crippen MR) is 104 cm³/mol. The van der Waals surface area contributed by atoms with Gasteiger partial charge in [-0.25, -0.2) is 0 Å². The minimum absolute atomic E-state index is 0.137. The van der Waals surface area contributed by atoms with Gasteiger partial charge in [0.15, 0.2) is 0 Å². The van der Waals surface area contributed by atoms with Gasteiger partial charge in [0.05, 0.1) is 0 Å². The third-order valence-corrected chi connectivity index (χ3v) is 5.40. The number of likely N-dealkylation sites (N-methyl/N-ethyl adjacent to an activating group) is 1. The number of nitrogens with zero attached hydrogens (tertiary/aromatic N) is 1. The van der Waals surface area contributed by atoms with E-state index in [4.69, 9.17) is 0 Å². The van der Waals surface area contributed by atoms with Crippen LogP contribution < -0.4 is 10.9 Å². The highest BCUT2D eigenvalue weighted by Gasteiger charge is 2.23. The summed E-state index contributed by atoms with van der Waals surface area (Å²) in [6.45, 7) is 10.4. The van der Waals surface area contributed by atoms with Gasteiger partial charge in [0.2, 0.25) is 0 Å². The molecule has 1 amide bonds. The Morgan fingerprint density at radius 1 is 1.31 bits per heavy atom. The van der Waals surface area contributed by atoms with Gasteiger partial charge in [-0.15, -0.1) is 0 Å². The van der Waals surface area contributed by atoms with E-state index in [1.165, 1.54) is 11.1 Å². The highest BCUT2D eigenvalue weighted by atomic mass is 16.1. The molecule has 2 aromatic rings. The minimum Gasteiger partial charge on any atom is -0.348 e. The Balaban J connectivity index is 1.75. The summed E-state index contributed by atoms with van der Waals surface area (Å²) < 4.78 is 0. The van der Waals surface area contributed by atoms with Crippen LogP contribution in [-0.2, 0) is 13.0 Å². The molecule has 0 saturated carbocycles. The zero-order chi connectivity index (χ0) is 18.8. The first-order valence-corrected chi connectivity index (χ1v) is 9.25. The molecular formula is C21H27N3O2. The van der Waals surface area contributed by atoms with Gasteiger partial charge >= 0.3 is 0 Å². The quantitative estimate of drug-likeness (QED) is 0.888. The van der Waals surface area contributed by atoms with Crippen LogP contribution >= 0.6 is 0 Å². The van der Waals surface area contributed by atoms with Gasteiger partial charge in [0, 0.05) is 36.0 Å². The number of aromatic amines is 1. The molecule has 5 heteroatoms. The third kappa shape index (κ3) is 3.58. The van der Waals surface area contributed by atoms with Crippen LogP contribution in [0.1, 0.15) is 58.2 Å². The van der Waals surface area contributed by atoms with Crippen LogP contribution in [0, 0.1) is 13.8 Å². The van der Waals surface area contributed by atoms with Gasteiger partial charge in [0.25, 0.3) is 11.5 Å². The van der Waals surface area contributed by atoms with E-state index in [1.807, 2.05) is 32.0 Å². The Kier molecular flexibility index (Phi) is 5.28. The lowest BCUT2D eigenvalue weighted by atomic mass is 9.92. The number of rotatable bonds is 4. The molecule has 1 aliphatic rings. The van der Waals surface area contributed by atoms with Crippen LogP contribution in [0.4, 0.5) is 0 Å². The minimum atomic E-state index is -0.141. The molecule has 0 spiro atoms. The number of hydrogen-bond donors (Lipinski definition) is 2. The first-order chi connectivity index (χ1) is 12.4. The van der Waals surface area contributed by atoms with E-state index in [0.717, 1.165) is 30.8 Å². The SMILES string of the molecule is CCN1CCc2cc(C(=O)NCc3c(C)cc(C)[nH]c3=O)ccc2C1C. The predicted octanol–water partition coefficient (Wildman–Crippen LogP) is 2.86. The van der Waals surface area contributed by atoms with E-state index in [-0.39, 0.29) is 18.0 Å². The lowest BCUT2D eigenvalue weighted by Gasteiger charge is -2.34. The summed E-state index contributed by atoms with van der Waals surface area (Å²) in [5.41, 5.74) is 5.40. The Labute approximate surface area is 154 Å². The van der Waals surface area contributed by atoms with E-state index in [1.54, 1.807) is 0 Å². The Bertz CT molecular complexity index is 885. The summed E-state index contributed by atoms with van der Waals surface area (Å²) in [7, 11) is 0. The summed E-state index contributed by atoms with van der Waals surface area (Å²) in [6, 6.07) is 8.26. The maximum Gasteiger partial charge on any atom is 0.253 e. The largest absolute Gasteiger partial charge is 0.348 e. The fourth-order valence-corrected chi connectivity index (χ4v) is 3.83. The van der Waals surface area contributed by atoms with Crippen molar-refractivity contribution in [1.82, 2.24) is 15.2 Å². The average Bonchev–Trinajstić information content (AvgIpc) is 2.60. The van der Waals surface area contributed by atoms with E-state index in [2.05, 4.69) is 35.1 Å². The van der Waals surface area contributed by atoms with E-state index >= 15 is 0 Å². The Hall–Kier alpha value is -2.40. The fraction of sp³-hybridized carbons (Fsp3) is 0.429. The van der Waals surface area contributed by atoms with Crippen molar-refractivity contribution in [1.29, 1.82) is 0 Å². The lowest BCUT2D eigenvalue weighted by molar-refractivity contribution is 0.0950. The molecule has 1 aromatic heterocycles. The van der Waals surface area contributed by atoms with Crippen LogP contribution in [0.5, 0.6) is 0 Å². The number of fused-ring (bicyclic) bond motifs is 1. The number of aromatic nitrogens is 1. The molecule has 0 bridgehead atoms. The summed E-state index contributed by atoms with van der Waals surface area (Å²) in [5.74, 6) is -0.141. The second-order valence-corrected chi connectivity index (χ2v) is 7.09. The van der Waals surface area contributed by atoms with Crippen molar-refractivity contribution < 1.29 is 4.79 Å². The highest BCUT2D eigenvalue weighted by molar-refractivity contribution is 5.94. The molecule has 3 rings (SSSR count). The number of carbonyl (C=O) groups excluding carboxylic acids is 1. The standard InChI is InChI=1S/C21H27N3O2/c1-5-24-9-8-16-11-17(6-7-18(16)15(24)4)20(25)22-12-19-13(2)10-14(3)23-21(19)26/h6-7,10-11,15H,5,8-9,12H2,1-4H3,(H,22,25)(H,23,26). The zero-order valence-corrected chi connectivity index (χ0v) is 16.0. The number of amides is 1. The lowest BCUT2D eigenvalue weighted by Crippen LogP contribution is -2.34. The van der Waals surface area contributed by atoms with Gasteiger partial charge in [-0.3, -0.25) is 14.5 Å². The maximum absolute atomic E-state index is 12.6. The molecule has 2 heterocycles. The Morgan fingerprint density at radius 2 is 2.08 bits per heavy atom. The third-order valence-electron chi connectivity index (χ3n) is 5.40. The van der Waals surface area contributed by atoms with Gasteiger partial charge in [-0.05, 0) is 68.6 Å². The van der Waals surface area contributed by atoms with Crippen LogP contribution in [0.3, 0.4) is 0 Å². The van der Waals surface area contributed by atoms with Crippen molar-refractivity contribution in [3.63, 3.8) is 0 Å². The zero-order valence-electron chi connectivity index (χ0n) is 16.0. The molecule has 1 atom stereocenters. The first kappa shape index (κ1) is 18.4. The number of benzene rings is 1. The van der Waals surface area contributed by atoms with Crippen molar-refractivity contribution >= 4 is 5.91 Å². The molecule has 1 aromatic carbocycles. The van der Waals surface area contributed by atoms with Crippen molar-refractivity contribution in [2.45, 2.75) is 46.7 Å². The second-order valence-electron chi connectivity index (χ2n) is 7.09. The Morgan fingerprint density at radius 3 is 2.77 bits per heavy atom. The van der Waals surface area contributed by atoms with Crippen LogP contribution in [-0.4, -0.2) is 28.9 Å². The molecule has 0 aliphatic carbocycles. The number of pyridine rings is 1. The molecule has 138 valence electrons. The molecule has 26 heavy (non-hydrogen) atoms. The van der Waals surface area contributed by atoms with E-state index in [0.29, 0.717) is 17.2 Å². The van der Waals surface area contributed by atoms with Gasteiger partial charge in [-0.2, -0.15) is 0 Å². The van der Waals surface area contributed by atoms with Gasteiger partial charge < -0.3 is 10.3 Å².